The van der Waals surface area contributed by atoms with E-state index in [0.717, 1.165) is 5.56 Å². The lowest BCUT2D eigenvalue weighted by atomic mass is 10.0. The monoisotopic (exact) mass is 204 g/mol. The first-order valence-corrected chi connectivity index (χ1v) is 4.51. The Balaban J connectivity index is 2.99. The lowest BCUT2D eigenvalue weighted by Crippen LogP contribution is -1.97. The lowest BCUT2D eigenvalue weighted by Gasteiger charge is -2.00. The summed E-state index contributed by atoms with van der Waals surface area (Å²) >= 11 is 0. The summed E-state index contributed by atoms with van der Waals surface area (Å²) in [6.07, 6.45) is 2.87. The largest absolute Gasteiger partial charge is 0.466 e. The number of methoxy groups -OCH3 is 1. The van der Waals surface area contributed by atoms with Gasteiger partial charge >= 0.3 is 5.97 Å². The predicted molar refractivity (Wildman–Crippen MR) is 57.5 cm³/mol. The van der Waals surface area contributed by atoms with Crippen molar-refractivity contribution in [1.29, 1.82) is 0 Å². The summed E-state index contributed by atoms with van der Waals surface area (Å²) in [6, 6.07) is 7.09. The van der Waals surface area contributed by atoms with Crippen molar-refractivity contribution in [2.75, 3.05) is 7.11 Å². The molecule has 0 aliphatic rings. The third-order valence-electron chi connectivity index (χ3n) is 1.94. The Kier molecular flexibility index (Phi) is 3.80. The molecule has 0 spiro atoms. The topological polar surface area (TPSA) is 43.4 Å². The molecule has 78 valence electrons. The molecule has 1 rings (SSSR count). The van der Waals surface area contributed by atoms with Gasteiger partial charge in [0.05, 0.1) is 7.11 Å². The number of hydrogen-bond acceptors (Lipinski definition) is 3. The average Bonchev–Trinajstić information content (AvgIpc) is 2.26. The lowest BCUT2D eigenvalue weighted by molar-refractivity contribution is -0.134. The fraction of sp³-hybridized carbons (Fsp3) is 0.167. The minimum absolute atomic E-state index is 0.0277. The molecule has 3 heteroatoms. The van der Waals surface area contributed by atoms with E-state index < -0.39 is 5.97 Å². The number of carbonyl (C=O) groups excluding carboxylic acids is 2. The van der Waals surface area contributed by atoms with Crippen molar-refractivity contribution >= 4 is 17.8 Å². The molecule has 0 saturated heterocycles. The SMILES string of the molecule is COC(=O)C=Cc1ccccc1C(C)=O. The van der Waals surface area contributed by atoms with Crippen LogP contribution in [0, 0.1) is 0 Å². The molecule has 1 aromatic rings. The van der Waals surface area contributed by atoms with Gasteiger partial charge < -0.3 is 4.74 Å². The van der Waals surface area contributed by atoms with Crippen LogP contribution in [-0.2, 0) is 9.53 Å². The Labute approximate surface area is 88.4 Å². The van der Waals surface area contributed by atoms with Crippen LogP contribution in [-0.4, -0.2) is 18.9 Å². The van der Waals surface area contributed by atoms with Crippen molar-refractivity contribution in [2.24, 2.45) is 0 Å². The molecule has 0 fully saturated rings. The number of Topliss-reactive ketones (excluding diaryl/α,β-unsaturated/α-hetero) is 1. The smallest absolute Gasteiger partial charge is 0.330 e. The van der Waals surface area contributed by atoms with E-state index in [1.807, 2.05) is 6.07 Å². The maximum atomic E-state index is 11.2. The van der Waals surface area contributed by atoms with Crippen molar-refractivity contribution in [2.45, 2.75) is 6.92 Å². The van der Waals surface area contributed by atoms with Crippen molar-refractivity contribution < 1.29 is 14.3 Å². The normalized spacial score (nSPS) is 10.3. The summed E-state index contributed by atoms with van der Waals surface area (Å²) in [5, 5.41) is 0. The molecule has 0 amide bonds. The Hall–Kier alpha value is -1.90. The number of benzene rings is 1. The first-order valence-electron chi connectivity index (χ1n) is 4.51. The maximum Gasteiger partial charge on any atom is 0.330 e. The van der Waals surface area contributed by atoms with Crippen molar-refractivity contribution in [3.8, 4) is 0 Å². The molecular weight excluding hydrogens is 192 g/mol. The number of carbonyl (C=O) groups is 2. The van der Waals surface area contributed by atoms with E-state index in [1.54, 1.807) is 24.3 Å². The van der Waals surface area contributed by atoms with Crippen LogP contribution in [0.2, 0.25) is 0 Å². The molecule has 0 aliphatic carbocycles. The van der Waals surface area contributed by atoms with Gasteiger partial charge in [-0.2, -0.15) is 0 Å². The molecule has 0 radical (unpaired) electrons. The number of ether oxygens (including phenoxy) is 1. The number of ketones is 1. The van der Waals surface area contributed by atoms with Crippen molar-refractivity contribution in [1.82, 2.24) is 0 Å². The predicted octanol–water partition coefficient (Wildman–Crippen LogP) is 2.08. The number of esters is 1. The molecule has 15 heavy (non-hydrogen) atoms. The van der Waals surface area contributed by atoms with Gasteiger partial charge in [0.1, 0.15) is 0 Å². The fourth-order valence-electron chi connectivity index (χ4n) is 1.19. The molecular formula is C12H12O3. The van der Waals surface area contributed by atoms with Crippen molar-refractivity contribution in [3.63, 3.8) is 0 Å². The molecule has 0 bridgehead atoms. The van der Waals surface area contributed by atoms with E-state index in [4.69, 9.17) is 0 Å². The summed E-state index contributed by atoms with van der Waals surface area (Å²) < 4.78 is 4.46. The van der Waals surface area contributed by atoms with Gasteiger partial charge in [0.25, 0.3) is 0 Å². The van der Waals surface area contributed by atoms with E-state index in [2.05, 4.69) is 4.74 Å². The van der Waals surface area contributed by atoms with E-state index in [9.17, 15) is 9.59 Å². The molecule has 0 atom stereocenters. The second-order valence-corrected chi connectivity index (χ2v) is 3.00. The fourth-order valence-corrected chi connectivity index (χ4v) is 1.19. The maximum absolute atomic E-state index is 11.2. The second-order valence-electron chi connectivity index (χ2n) is 3.00. The second kappa shape index (κ2) is 5.10. The number of hydrogen-bond donors (Lipinski definition) is 0. The van der Waals surface area contributed by atoms with Crippen LogP contribution in [0.3, 0.4) is 0 Å². The summed E-state index contributed by atoms with van der Waals surface area (Å²) in [7, 11) is 1.31. The van der Waals surface area contributed by atoms with Crippen LogP contribution in [0.25, 0.3) is 6.08 Å². The highest BCUT2D eigenvalue weighted by Gasteiger charge is 2.03. The van der Waals surface area contributed by atoms with Crippen LogP contribution >= 0.6 is 0 Å². The zero-order valence-electron chi connectivity index (χ0n) is 8.69. The first kappa shape index (κ1) is 11.2. The zero-order valence-corrected chi connectivity index (χ0v) is 8.69. The Morgan fingerprint density at radius 1 is 1.27 bits per heavy atom. The highest BCUT2D eigenvalue weighted by Crippen LogP contribution is 2.11. The number of rotatable bonds is 3. The van der Waals surface area contributed by atoms with E-state index in [-0.39, 0.29) is 5.78 Å². The minimum atomic E-state index is -0.437. The molecule has 0 aliphatic heterocycles. The van der Waals surface area contributed by atoms with Crippen molar-refractivity contribution in [3.05, 3.63) is 41.5 Å². The third-order valence-corrected chi connectivity index (χ3v) is 1.94. The Morgan fingerprint density at radius 2 is 1.93 bits per heavy atom. The summed E-state index contributed by atoms with van der Waals surface area (Å²) in [6.45, 7) is 1.49. The third kappa shape index (κ3) is 3.06. The van der Waals surface area contributed by atoms with Crippen LogP contribution in [0.1, 0.15) is 22.8 Å². The molecule has 3 nitrogen and oxygen atoms in total. The van der Waals surface area contributed by atoms with E-state index in [1.165, 1.54) is 20.1 Å². The average molecular weight is 204 g/mol. The van der Waals surface area contributed by atoms with Gasteiger partial charge in [-0.05, 0) is 18.6 Å². The first-order chi connectivity index (χ1) is 7.15. The molecule has 0 saturated carbocycles. The molecule has 0 heterocycles. The Morgan fingerprint density at radius 3 is 2.53 bits per heavy atom. The Bertz CT molecular complexity index is 405. The van der Waals surface area contributed by atoms with Gasteiger partial charge in [0, 0.05) is 11.6 Å². The summed E-state index contributed by atoms with van der Waals surface area (Å²) in [5.41, 5.74) is 1.31. The van der Waals surface area contributed by atoms with Gasteiger partial charge in [-0.1, -0.05) is 24.3 Å². The molecule has 0 N–H and O–H groups in total. The van der Waals surface area contributed by atoms with Gasteiger partial charge in [-0.3, -0.25) is 4.79 Å². The molecule has 1 aromatic carbocycles. The van der Waals surface area contributed by atoms with Gasteiger partial charge in [-0.15, -0.1) is 0 Å². The quantitative estimate of drug-likeness (QED) is 0.430. The van der Waals surface area contributed by atoms with Crippen LogP contribution in [0.4, 0.5) is 0 Å². The highest BCUT2D eigenvalue weighted by molar-refractivity contribution is 5.99. The minimum Gasteiger partial charge on any atom is -0.466 e. The standard InChI is InChI=1S/C12H12O3/c1-9(13)11-6-4-3-5-10(11)7-8-12(14)15-2/h3-8H,1-2H3. The zero-order chi connectivity index (χ0) is 11.3. The van der Waals surface area contributed by atoms with E-state index >= 15 is 0 Å². The van der Waals surface area contributed by atoms with Crippen LogP contribution in [0.5, 0.6) is 0 Å². The van der Waals surface area contributed by atoms with Gasteiger partial charge in [0.2, 0.25) is 0 Å². The molecule has 0 aromatic heterocycles. The summed E-state index contributed by atoms with van der Waals surface area (Å²) in [4.78, 5) is 22.1. The van der Waals surface area contributed by atoms with Gasteiger partial charge in [-0.25, -0.2) is 4.79 Å². The van der Waals surface area contributed by atoms with Crippen LogP contribution < -0.4 is 0 Å². The van der Waals surface area contributed by atoms with Crippen LogP contribution in [0.15, 0.2) is 30.3 Å². The van der Waals surface area contributed by atoms with E-state index in [0.29, 0.717) is 5.56 Å². The van der Waals surface area contributed by atoms with Gasteiger partial charge in [0.15, 0.2) is 5.78 Å². The molecule has 0 unspecified atom stereocenters. The highest BCUT2D eigenvalue weighted by atomic mass is 16.5. The summed E-state index contributed by atoms with van der Waals surface area (Å²) in [5.74, 6) is -0.464.